The van der Waals surface area contributed by atoms with Crippen molar-refractivity contribution in [3.63, 3.8) is 0 Å². The van der Waals surface area contributed by atoms with Crippen molar-refractivity contribution < 1.29 is 9.72 Å². The molecule has 0 spiro atoms. The molecule has 1 aromatic carbocycles. The van der Waals surface area contributed by atoms with E-state index in [1.165, 1.54) is 16.8 Å². The average molecular weight is 303 g/mol. The van der Waals surface area contributed by atoms with Crippen LogP contribution in [0.25, 0.3) is 5.69 Å². The van der Waals surface area contributed by atoms with Crippen LogP contribution in [0.4, 0.5) is 5.69 Å². The summed E-state index contributed by atoms with van der Waals surface area (Å²) in [6, 6.07) is 7.78. The maximum absolute atomic E-state index is 12.0. The fraction of sp³-hybridized carbons (Fsp3) is 0.286. The van der Waals surface area contributed by atoms with Crippen molar-refractivity contribution >= 4 is 11.6 Å². The lowest BCUT2D eigenvalue weighted by molar-refractivity contribution is -0.384. The predicted octanol–water partition coefficient (Wildman–Crippen LogP) is 1.12. The fourth-order valence-electron chi connectivity index (χ4n) is 1.78. The maximum Gasteiger partial charge on any atom is 0.271 e. The number of nitro benzene ring substituents is 1. The van der Waals surface area contributed by atoms with Gasteiger partial charge in [-0.3, -0.25) is 14.9 Å². The van der Waals surface area contributed by atoms with E-state index in [0.29, 0.717) is 12.2 Å². The van der Waals surface area contributed by atoms with Gasteiger partial charge < -0.3 is 10.6 Å². The highest BCUT2D eigenvalue weighted by atomic mass is 16.6. The molecule has 0 saturated heterocycles. The van der Waals surface area contributed by atoms with Gasteiger partial charge in [-0.15, -0.1) is 0 Å². The molecule has 0 fully saturated rings. The zero-order valence-electron chi connectivity index (χ0n) is 12.3. The third-order valence-electron chi connectivity index (χ3n) is 3.19. The number of nitrogens with one attached hydrogen (secondary N) is 2. The summed E-state index contributed by atoms with van der Waals surface area (Å²) in [4.78, 5) is 22.3. The topological polar surface area (TPSA) is 102 Å². The molecule has 2 aromatic rings. The molecule has 0 aliphatic rings. The molecule has 0 aliphatic carbocycles. The monoisotopic (exact) mass is 303 g/mol. The van der Waals surface area contributed by atoms with Gasteiger partial charge in [-0.25, -0.2) is 4.68 Å². The summed E-state index contributed by atoms with van der Waals surface area (Å²) in [5.41, 5.74) is 0.758. The Labute approximate surface area is 127 Å². The van der Waals surface area contributed by atoms with E-state index in [-0.39, 0.29) is 23.3 Å². The van der Waals surface area contributed by atoms with Crippen molar-refractivity contribution in [2.45, 2.75) is 13.0 Å². The average Bonchev–Trinajstić information content (AvgIpc) is 3.02. The number of carbonyl (C=O) groups is 1. The van der Waals surface area contributed by atoms with Gasteiger partial charge in [-0.2, -0.15) is 5.10 Å². The van der Waals surface area contributed by atoms with Crippen LogP contribution in [0.5, 0.6) is 0 Å². The Kier molecular flexibility index (Phi) is 4.84. The number of aromatic nitrogens is 2. The molecule has 1 atom stereocenters. The minimum absolute atomic E-state index is 0.0261. The summed E-state index contributed by atoms with van der Waals surface area (Å²) in [6.45, 7) is 2.43. The van der Waals surface area contributed by atoms with Crippen molar-refractivity contribution in [1.82, 2.24) is 20.4 Å². The first-order valence-corrected chi connectivity index (χ1v) is 6.77. The van der Waals surface area contributed by atoms with E-state index in [1.807, 2.05) is 14.0 Å². The summed E-state index contributed by atoms with van der Waals surface area (Å²) in [7, 11) is 1.81. The number of likely N-dealkylation sites (N-methyl/N-ethyl adjacent to an activating group) is 1. The maximum atomic E-state index is 12.0. The molecule has 22 heavy (non-hydrogen) atoms. The smallest absolute Gasteiger partial charge is 0.271 e. The molecule has 8 nitrogen and oxygen atoms in total. The Morgan fingerprint density at radius 2 is 2.23 bits per heavy atom. The highest BCUT2D eigenvalue weighted by Crippen LogP contribution is 2.16. The Bertz CT molecular complexity index is 683. The summed E-state index contributed by atoms with van der Waals surface area (Å²) in [5.74, 6) is -0.286. The van der Waals surface area contributed by atoms with Crippen LogP contribution in [-0.2, 0) is 0 Å². The number of hydrogen-bond acceptors (Lipinski definition) is 5. The quantitative estimate of drug-likeness (QED) is 0.615. The normalized spacial score (nSPS) is 11.9. The Morgan fingerprint density at radius 3 is 2.91 bits per heavy atom. The molecule has 1 heterocycles. The van der Waals surface area contributed by atoms with Gasteiger partial charge in [0, 0.05) is 30.9 Å². The van der Waals surface area contributed by atoms with E-state index >= 15 is 0 Å². The molecular weight excluding hydrogens is 286 g/mol. The minimum Gasteiger partial charge on any atom is -0.349 e. The summed E-state index contributed by atoms with van der Waals surface area (Å²) in [6.07, 6.45) is 1.59. The van der Waals surface area contributed by atoms with Gasteiger partial charge in [-0.05, 0) is 26.1 Å². The van der Waals surface area contributed by atoms with Crippen LogP contribution in [0.3, 0.4) is 0 Å². The molecule has 1 amide bonds. The SMILES string of the molecule is CNC(C)CNC(=O)c1ccn(-c2cccc([N+](=O)[O-])c2)n1. The second kappa shape index (κ2) is 6.81. The van der Waals surface area contributed by atoms with Gasteiger partial charge in [-0.1, -0.05) is 6.07 Å². The van der Waals surface area contributed by atoms with Crippen LogP contribution in [0.1, 0.15) is 17.4 Å². The van der Waals surface area contributed by atoms with Gasteiger partial charge in [0.1, 0.15) is 0 Å². The van der Waals surface area contributed by atoms with Crippen molar-refractivity contribution in [2.24, 2.45) is 0 Å². The van der Waals surface area contributed by atoms with Crippen LogP contribution in [0.2, 0.25) is 0 Å². The Hall–Kier alpha value is -2.74. The number of hydrogen-bond donors (Lipinski definition) is 2. The van der Waals surface area contributed by atoms with E-state index in [1.54, 1.807) is 24.4 Å². The third kappa shape index (κ3) is 3.67. The second-order valence-corrected chi connectivity index (χ2v) is 4.82. The summed E-state index contributed by atoms with van der Waals surface area (Å²) in [5, 5.41) is 20.7. The standard InChI is InChI=1S/C14H17N5O3/c1-10(15-2)9-16-14(20)13-6-7-18(17-13)11-4-3-5-12(8-11)19(21)22/h3-8,10,15H,9H2,1-2H3,(H,16,20). The van der Waals surface area contributed by atoms with E-state index in [2.05, 4.69) is 15.7 Å². The zero-order valence-corrected chi connectivity index (χ0v) is 12.3. The molecule has 1 aromatic heterocycles. The lowest BCUT2D eigenvalue weighted by Gasteiger charge is -2.10. The Morgan fingerprint density at radius 1 is 1.45 bits per heavy atom. The molecule has 2 N–H and O–H groups in total. The van der Waals surface area contributed by atoms with Crippen LogP contribution in [0.15, 0.2) is 36.5 Å². The zero-order chi connectivity index (χ0) is 16.1. The molecule has 2 rings (SSSR count). The molecule has 8 heteroatoms. The van der Waals surface area contributed by atoms with Gasteiger partial charge in [0.15, 0.2) is 5.69 Å². The highest BCUT2D eigenvalue weighted by Gasteiger charge is 2.12. The first kappa shape index (κ1) is 15.6. The van der Waals surface area contributed by atoms with Crippen molar-refractivity contribution in [2.75, 3.05) is 13.6 Å². The number of nitrogens with zero attached hydrogens (tertiary/aromatic N) is 3. The van der Waals surface area contributed by atoms with Crippen LogP contribution in [-0.4, -0.2) is 40.2 Å². The molecule has 0 radical (unpaired) electrons. The minimum atomic E-state index is -0.472. The predicted molar refractivity (Wildman–Crippen MR) is 81.1 cm³/mol. The van der Waals surface area contributed by atoms with Crippen LogP contribution < -0.4 is 10.6 Å². The van der Waals surface area contributed by atoms with Crippen LogP contribution in [0, 0.1) is 10.1 Å². The number of carbonyl (C=O) groups excluding carboxylic acids is 1. The van der Waals surface area contributed by atoms with Crippen molar-refractivity contribution in [3.8, 4) is 5.69 Å². The summed E-state index contributed by atoms with van der Waals surface area (Å²) < 4.78 is 1.43. The first-order chi connectivity index (χ1) is 10.5. The molecular formula is C14H17N5O3. The van der Waals surface area contributed by atoms with E-state index < -0.39 is 4.92 Å². The molecule has 116 valence electrons. The lowest BCUT2D eigenvalue weighted by Crippen LogP contribution is -2.37. The van der Waals surface area contributed by atoms with E-state index in [9.17, 15) is 14.9 Å². The van der Waals surface area contributed by atoms with Gasteiger partial charge in [0.05, 0.1) is 10.6 Å². The molecule has 1 unspecified atom stereocenters. The van der Waals surface area contributed by atoms with Gasteiger partial charge >= 0.3 is 0 Å². The van der Waals surface area contributed by atoms with Crippen LogP contribution >= 0.6 is 0 Å². The van der Waals surface area contributed by atoms with E-state index in [4.69, 9.17) is 0 Å². The summed E-state index contributed by atoms with van der Waals surface area (Å²) >= 11 is 0. The number of benzene rings is 1. The largest absolute Gasteiger partial charge is 0.349 e. The molecule has 0 aliphatic heterocycles. The first-order valence-electron chi connectivity index (χ1n) is 6.77. The fourth-order valence-corrected chi connectivity index (χ4v) is 1.78. The highest BCUT2D eigenvalue weighted by molar-refractivity contribution is 5.92. The second-order valence-electron chi connectivity index (χ2n) is 4.82. The number of rotatable bonds is 6. The van der Waals surface area contributed by atoms with Crippen molar-refractivity contribution in [3.05, 3.63) is 52.3 Å². The van der Waals surface area contributed by atoms with Gasteiger partial charge in [0.2, 0.25) is 0 Å². The molecule has 0 bridgehead atoms. The molecule has 0 saturated carbocycles. The third-order valence-corrected chi connectivity index (χ3v) is 3.19. The van der Waals surface area contributed by atoms with E-state index in [0.717, 1.165) is 0 Å². The number of amides is 1. The Balaban J connectivity index is 2.12. The lowest BCUT2D eigenvalue weighted by atomic mass is 10.3. The van der Waals surface area contributed by atoms with Gasteiger partial charge in [0.25, 0.3) is 11.6 Å². The number of non-ortho nitro benzene ring substituents is 1. The number of nitro groups is 1. The van der Waals surface area contributed by atoms with Crippen molar-refractivity contribution in [1.29, 1.82) is 0 Å².